The molecule has 0 amide bonds. The van der Waals surface area contributed by atoms with Crippen molar-refractivity contribution in [2.24, 2.45) is 0 Å². The van der Waals surface area contributed by atoms with Crippen LogP contribution in [0.3, 0.4) is 0 Å². The Balaban J connectivity index is 2.21. The summed E-state index contributed by atoms with van der Waals surface area (Å²) in [4.78, 5) is 2.54. The number of rotatable bonds is 4. The normalized spacial score (nSPS) is 21.4. The van der Waals surface area contributed by atoms with Crippen molar-refractivity contribution >= 4 is 11.8 Å². The average Bonchev–Trinajstić information content (AvgIpc) is 2.60. The largest absolute Gasteiger partial charge is 0.313 e. The second-order valence-corrected chi connectivity index (χ2v) is 6.06. The van der Waals surface area contributed by atoms with Gasteiger partial charge in [-0.2, -0.15) is 11.8 Å². The molecule has 3 heteroatoms. The van der Waals surface area contributed by atoms with E-state index in [4.69, 9.17) is 0 Å². The van der Waals surface area contributed by atoms with Gasteiger partial charge in [-0.15, -0.1) is 0 Å². The summed E-state index contributed by atoms with van der Waals surface area (Å²) in [6.07, 6.45) is 3.39. The minimum Gasteiger partial charge on any atom is -0.313 e. The SMILES string of the molecule is CSCC(C)N(C)C1CCNCc2ccccc21. The number of nitrogens with zero attached hydrogens (tertiary/aromatic N) is 1. The van der Waals surface area contributed by atoms with Crippen LogP contribution in [0.25, 0.3) is 0 Å². The van der Waals surface area contributed by atoms with Crippen LogP contribution in [-0.2, 0) is 6.54 Å². The smallest absolute Gasteiger partial charge is 0.0363 e. The van der Waals surface area contributed by atoms with Crippen LogP contribution in [0.1, 0.15) is 30.5 Å². The number of fused-ring (bicyclic) bond motifs is 1. The van der Waals surface area contributed by atoms with Crippen LogP contribution in [0.15, 0.2) is 24.3 Å². The van der Waals surface area contributed by atoms with Crippen molar-refractivity contribution < 1.29 is 0 Å². The van der Waals surface area contributed by atoms with Gasteiger partial charge in [0, 0.05) is 24.4 Å². The second kappa shape index (κ2) is 6.60. The van der Waals surface area contributed by atoms with Crippen molar-refractivity contribution in [2.45, 2.75) is 32.0 Å². The van der Waals surface area contributed by atoms with Crippen LogP contribution < -0.4 is 5.32 Å². The minimum absolute atomic E-state index is 0.554. The molecule has 0 spiro atoms. The van der Waals surface area contributed by atoms with Gasteiger partial charge in [-0.3, -0.25) is 4.90 Å². The molecule has 0 aromatic heterocycles. The molecular formula is C15H24N2S. The molecule has 0 aliphatic carbocycles. The third-order valence-corrected chi connectivity index (χ3v) is 4.73. The Morgan fingerprint density at radius 2 is 2.22 bits per heavy atom. The molecule has 0 saturated heterocycles. The highest BCUT2D eigenvalue weighted by molar-refractivity contribution is 7.98. The maximum absolute atomic E-state index is 3.53. The lowest BCUT2D eigenvalue weighted by atomic mass is 9.97. The van der Waals surface area contributed by atoms with E-state index in [9.17, 15) is 0 Å². The van der Waals surface area contributed by atoms with Crippen LogP contribution in [0.5, 0.6) is 0 Å². The molecule has 1 heterocycles. The molecule has 1 aromatic carbocycles. The Hall–Kier alpha value is -0.510. The van der Waals surface area contributed by atoms with Gasteiger partial charge in [0.05, 0.1) is 0 Å². The second-order valence-electron chi connectivity index (χ2n) is 5.15. The Morgan fingerprint density at radius 1 is 1.44 bits per heavy atom. The lowest BCUT2D eigenvalue weighted by molar-refractivity contribution is 0.191. The number of benzene rings is 1. The first-order valence-electron chi connectivity index (χ1n) is 6.73. The summed E-state index contributed by atoms with van der Waals surface area (Å²) in [5, 5.41) is 3.53. The summed E-state index contributed by atoms with van der Waals surface area (Å²) >= 11 is 1.93. The number of thioether (sulfide) groups is 1. The molecular weight excluding hydrogens is 240 g/mol. The lowest BCUT2D eigenvalue weighted by Gasteiger charge is -2.33. The van der Waals surface area contributed by atoms with Crippen LogP contribution in [0, 0.1) is 0 Å². The van der Waals surface area contributed by atoms with E-state index in [0.717, 1.165) is 13.1 Å². The predicted octanol–water partition coefficient (Wildman–Crippen LogP) is 2.90. The Bertz CT molecular complexity index is 381. The van der Waals surface area contributed by atoms with E-state index in [0.29, 0.717) is 12.1 Å². The molecule has 2 atom stereocenters. The zero-order valence-electron chi connectivity index (χ0n) is 11.6. The Morgan fingerprint density at radius 3 is 3.00 bits per heavy atom. The third-order valence-electron chi connectivity index (χ3n) is 3.92. The van der Waals surface area contributed by atoms with Crippen LogP contribution in [0.2, 0.25) is 0 Å². The van der Waals surface area contributed by atoms with Gasteiger partial charge >= 0.3 is 0 Å². The molecule has 1 aliphatic rings. The van der Waals surface area contributed by atoms with Gasteiger partial charge in [-0.1, -0.05) is 24.3 Å². The lowest BCUT2D eigenvalue weighted by Crippen LogP contribution is -2.35. The summed E-state index contributed by atoms with van der Waals surface area (Å²) in [6, 6.07) is 10.1. The molecule has 2 nitrogen and oxygen atoms in total. The van der Waals surface area contributed by atoms with Gasteiger partial charge in [0.15, 0.2) is 0 Å². The van der Waals surface area contributed by atoms with Crippen LogP contribution in [0.4, 0.5) is 0 Å². The summed E-state index contributed by atoms with van der Waals surface area (Å²) < 4.78 is 0. The first-order valence-corrected chi connectivity index (χ1v) is 8.12. The minimum atomic E-state index is 0.554. The van der Waals surface area contributed by atoms with Crippen molar-refractivity contribution in [3.63, 3.8) is 0 Å². The van der Waals surface area contributed by atoms with Crippen molar-refractivity contribution in [3.05, 3.63) is 35.4 Å². The van der Waals surface area contributed by atoms with Crippen LogP contribution >= 0.6 is 11.8 Å². The Labute approximate surface area is 115 Å². The first kappa shape index (κ1) is 13.9. The number of hydrogen-bond donors (Lipinski definition) is 1. The fourth-order valence-electron chi connectivity index (χ4n) is 2.73. The molecule has 2 rings (SSSR count). The van der Waals surface area contributed by atoms with Gasteiger partial charge in [0.1, 0.15) is 0 Å². The van der Waals surface area contributed by atoms with Gasteiger partial charge in [0.25, 0.3) is 0 Å². The van der Waals surface area contributed by atoms with E-state index in [2.05, 4.69) is 54.7 Å². The molecule has 0 radical (unpaired) electrons. The predicted molar refractivity (Wildman–Crippen MR) is 81.1 cm³/mol. The highest BCUT2D eigenvalue weighted by Crippen LogP contribution is 2.29. The topological polar surface area (TPSA) is 15.3 Å². The molecule has 0 fully saturated rings. The molecule has 1 N–H and O–H groups in total. The third kappa shape index (κ3) is 3.08. The first-order chi connectivity index (χ1) is 8.74. The van der Waals surface area contributed by atoms with Gasteiger partial charge in [-0.05, 0) is 44.3 Å². The standard InChI is InChI=1S/C15H24N2S/c1-12(11-18-3)17(2)15-8-9-16-10-13-6-4-5-7-14(13)15/h4-7,12,15-16H,8-11H2,1-3H3. The average molecular weight is 264 g/mol. The molecule has 18 heavy (non-hydrogen) atoms. The quantitative estimate of drug-likeness (QED) is 0.900. The van der Waals surface area contributed by atoms with Crippen molar-refractivity contribution in [1.29, 1.82) is 0 Å². The molecule has 1 aliphatic heterocycles. The number of nitrogens with one attached hydrogen (secondary N) is 1. The van der Waals surface area contributed by atoms with Crippen molar-refractivity contribution in [1.82, 2.24) is 10.2 Å². The van der Waals surface area contributed by atoms with E-state index in [-0.39, 0.29) is 0 Å². The van der Waals surface area contributed by atoms with Crippen molar-refractivity contribution in [3.8, 4) is 0 Å². The molecule has 1 aromatic rings. The van der Waals surface area contributed by atoms with Crippen LogP contribution in [-0.4, -0.2) is 36.5 Å². The maximum Gasteiger partial charge on any atom is 0.0363 e. The highest BCUT2D eigenvalue weighted by Gasteiger charge is 2.24. The summed E-state index contributed by atoms with van der Waals surface area (Å²) in [7, 11) is 2.27. The molecule has 100 valence electrons. The zero-order valence-corrected chi connectivity index (χ0v) is 12.5. The van der Waals surface area contributed by atoms with Gasteiger partial charge in [-0.25, -0.2) is 0 Å². The van der Waals surface area contributed by atoms with E-state index in [1.165, 1.54) is 23.3 Å². The molecule has 2 unspecified atom stereocenters. The summed E-state index contributed by atoms with van der Waals surface area (Å²) in [5.74, 6) is 1.20. The molecule has 0 saturated carbocycles. The molecule has 0 bridgehead atoms. The van der Waals surface area contributed by atoms with Gasteiger partial charge in [0.2, 0.25) is 0 Å². The monoisotopic (exact) mass is 264 g/mol. The van der Waals surface area contributed by atoms with E-state index < -0.39 is 0 Å². The van der Waals surface area contributed by atoms with Crippen molar-refractivity contribution in [2.75, 3.05) is 25.6 Å². The highest BCUT2D eigenvalue weighted by atomic mass is 32.2. The van der Waals surface area contributed by atoms with Gasteiger partial charge < -0.3 is 5.32 Å². The van der Waals surface area contributed by atoms with E-state index in [1.54, 1.807) is 0 Å². The van der Waals surface area contributed by atoms with E-state index >= 15 is 0 Å². The summed E-state index contributed by atoms with van der Waals surface area (Å²) in [5.41, 5.74) is 2.97. The van der Waals surface area contributed by atoms with E-state index in [1.807, 2.05) is 11.8 Å². The fraction of sp³-hybridized carbons (Fsp3) is 0.600. The Kier molecular flexibility index (Phi) is 5.10. The summed E-state index contributed by atoms with van der Waals surface area (Å²) in [6.45, 7) is 4.45. The zero-order chi connectivity index (χ0) is 13.0. The number of hydrogen-bond acceptors (Lipinski definition) is 3. The fourth-order valence-corrected chi connectivity index (χ4v) is 3.44. The maximum atomic E-state index is 3.53.